The fourth-order valence-electron chi connectivity index (χ4n) is 4.12. The number of thioether (sulfide) groups is 1. The highest BCUT2D eigenvalue weighted by Gasteiger charge is 2.30. The second kappa shape index (κ2) is 11.2. The molecular weight excluding hydrogens is 440 g/mol. The average molecular weight is 471 g/mol. The summed E-state index contributed by atoms with van der Waals surface area (Å²) in [5.41, 5.74) is 4.52. The SMILES string of the molecule is CSCC[C@H](NC(=O)OCC1c2ccccc2-c2ccccc21)C(=O)N(C)CC(C)C(=O)O. The van der Waals surface area contributed by atoms with Crippen molar-refractivity contribution in [3.8, 4) is 11.1 Å². The molecule has 8 heteroatoms. The van der Waals surface area contributed by atoms with E-state index in [-0.39, 0.29) is 25.0 Å². The van der Waals surface area contributed by atoms with Crippen molar-refractivity contribution in [1.29, 1.82) is 0 Å². The molecule has 0 bridgehead atoms. The van der Waals surface area contributed by atoms with Crippen molar-refractivity contribution in [3.63, 3.8) is 0 Å². The molecule has 0 saturated heterocycles. The normalized spacial score (nSPS) is 14.0. The molecule has 1 aliphatic carbocycles. The highest BCUT2D eigenvalue weighted by Crippen LogP contribution is 2.44. The molecule has 2 aromatic carbocycles. The third kappa shape index (κ3) is 5.87. The van der Waals surface area contributed by atoms with Crippen LogP contribution < -0.4 is 5.32 Å². The van der Waals surface area contributed by atoms with Gasteiger partial charge in [-0.2, -0.15) is 11.8 Å². The number of amides is 2. The monoisotopic (exact) mass is 470 g/mol. The summed E-state index contributed by atoms with van der Waals surface area (Å²) in [5.74, 6) is -1.40. The number of aliphatic carboxylic acids is 1. The van der Waals surface area contributed by atoms with E-state index < -0.39 is 24.0 Å². The Hall–Kier alpha value is -3.00. The molecule has 3 rings (SSSR count). The lowest BCUT2D eigenvalue weighted by atomic mass is 9.98. The Morgan fingerprint density at radius 1 is 1.09 bits per heavy atom. The molecule has 2 atom stereocenters. The van der Waals surface area contributed by atoms with Gasteiger partial charge in [0.1, 0.15) is 12.6 Å². The van der Waals surface area contributed by atoms with Gasteiger partial charge in [0.2, 0.25) is 5.91 Å². The zero-order chi connectivity index (χ0) is 24.0. The van der Waals surface area contributed by atoms with Gasteiger partial charge < -0.3 is 20.1 Å². The largest absolute Gasteiger partial charge is 0.481 e. The molecule has 0 fully saturated rings. The number of carboxylic acid groups (broad SMARTS) is 1. The third-order valence-corrected chi connectivity index (χ3v) is 6.53. The van der Waals surface area contributed by atoms with E-state index in [2.05, 4.69) is 17.4 Å². The first-order chi connectivity index (χ1) is 15.8. The molecule has 0 heterocycles. The quantitative estimate of drug-likeness (QED) is 0.548. The number of hydrogen-bond acceptors (Lipinski definition) is 5. The van der Waals surface area contributed by atoms with E-state index >= 15 is 0 Å². The van der Waals surface area contributed by atoms with Crippen molar-refractivity contribution >= 4 is 29.7 Å². The van der Waals surface area contributed by atoms with Crippen molar-refractivity contribution in [2.24, 2.45) is 5.92 Å². The lowest BCUT2D eigenvalue weighted by Crippen LogP contribution is -2.49. The summed E-state index contributed by atoms with van der Waals surface area (Å²) >= 11 is 1.57. The predicted octanol–water partition coefficient (Wildman–Crippen LogP) is 3.83. The number of carboxylic acids is 1. The minimum atomic E-state index is -0.972. The fraction of sp³-hybridized carbons (Fsp3) is 0.400. The summed E-state index contributed by atoms with van der Waals surface area (Å²) in [6.45, 7) is 1.77. The van der Waals surface area contributed by atoms with Crippen LogP contribution in [0.4, 0.5) is 4.79 Å². The van der Waals surface area contributed by atoms with Crippen LogP contribution in [0.3, 0.4) is 0 Å². The van der Waals surface area contributed by atoms with E-state index in [0.717, 1.165) is 22.3 Å². The topological polar surface area (TPSA) is 95.9 Å². The maximum Gasteiger partial charge on any atom is 0.407 e. The first kappa shape index (κ1) is 24.6. The Kier molecular flexibility index (Phi) is 8.38. The molecule has 176 valence electrons. The van der Waals surface area contributed by atoms with Gasteiger partial charge in [-0.15, -0.1) is 0 Å². The number of fused-ring (bicyclic) bond motifs is 3. The van der Waals surface area contributed by atoms with Crippen LogP contribution in [0, 0.1) is 5.92 Å². The smallest absolute Gasteiger partial charge is 0.407 e. The van der Waals surface area contributed by atoms with Gasteiger partial charge in [-0.1, -0.05) is 55.5 Å². The van der Waals surface area contributed by atoms with E-state index in [9.17, 15) is 14.4 Å². The number of carbonyl (C=O) groups excluding carboxylic acids is 2. The second-order valence-electron chi connectivity index (χ2n) is 8.26. The van der Waals surface area contributed by atoms with Gasteiger partial charge in [0.05, 0.1) is 5.92 Å². The van der Waals surface area contributed by atoms with Crippen molar-refractivity contribution in [2.45, 2.75) is 25.3 Å². The summed E-state index contributed by atoms with van der Waals surface area (Å²) < 4.78 is 5.58. The summed E-state index contributed by atoms with van der Waals surface area (Å²) in [7, 11) is 1.55. The van der Waals surface area contributed by atoms with Crippen molar-refractivity contribution < 1.29 is 24.2 Å². The molecule has 0 radical (unpaired) electrons. The number of likely N-dealkylation sites (N-methyl/N-ethyl adjacent to an activating group) is 1. The fourth-order valence-corrected chi connectivity index (χ4v) is 4.59. The minimum Gasteiger partial charge on any atom is -0.481 e. The Bertz CT molecular complexity index is 966. The Labute approximate surface area is 198 Å². The molecule has 1 aliphatic rings. The molecule has 2 amide bonds. The van der Waals surface area contributed by atoms with Gasteiger partial charge in [-0.3, -0.25) is 9.59 Å². The number of ether oxygens (including phenoxy) is 1. The summed E-state index contributed by atoms with van der Waals surface area (Å²) in [4.78, 5) is 38.0. The molecule has 2 aromatic rings. The van der Waals surface area contributed by atoms with E-state index in [4.69, 9.17) is 9.84 Å². The van der Waals surface area contributed by atoms with E-state index in [1.54, 1.807) is 25.7 Å². The van der Waals surface area contributed by atoms with Crippen LogP contribution in [-0.4, -0.2) is 66.2 Å². The first-order valence-electron chi connectivity index (χ1n) is 10.9. The maximum absolute atomic E-state index is 12.9. The molecule has 0 saturated carbocycles. The summed E-state index contributed by atoms with van der Waals surface area (Å²) in [6.07, 6.45) is 1.69. The molecular formula is C25H30N2O5S. The Balaban J connectivity index is 1.65. The lowest BCUT2D eigenvalue weighted by Gasteiger charge is -2.26. The van der Waals surface area contributed by atoms with Crippen LogP contribution in [0.25, 0.3) is 11.1 Å². The standard InChI is InChI=1S/C25H30N2O5S/c1-16(24(29)30)14-27(2)23(28)22(12-13-33-3)26-25(31)32-15-21-19-10-6-4-8-17(19)18-9-5-7-11-20(18)21/h4-11,16,21-22H,12-15H2,1-3H3,(H,26,31)(H,29,30)/t16?,22-/m0/s1. The Morgan fingerprint density at radius 2 is 1.67 bits per heavy atom. The van der Waals surface area contributed by atoms with Crippen molar-refractivity contribution in [1.82, 2.24) is 10.2 Å². The number of benzene rings is 2. The Morgan fingerprint density at radius 3 is 2.21 bits per heavy atom. The maximum atomic E-state index is 12.9. The zero-order valence-electron chi connectivity index (χ0n) is 19.1. The first-order valence-corrected chi connectivity index (χ1v) is 12.3. The lowest BCUT2D eigenvalue weighted by molar-refractivity contribution is -0.143. The molecule has 0 spiro atoms. The van der Waals surface area contributed by atoms with Crippen LogP contribution in [0.5, 0.6) is 0 Å². The highest BCUT2D eigenvalue weighted by atomic mass is 32.2. The molecule has 33 heavy (non-hydrogen) atoms. The van der Waals surface area contributed by atoms with E-state index in [1.807, 2.05) is 42.7 Å². The van der Waals surface area contributed by atoms with E-state index in [1.165, 1.54) is 4.90 Å². The number of hydrogen-bond donors (Lipinski definition) is 2. The number of rotatable bonds is 10. The molecule has 2 N–H and O–H groups in total. The van der Waals surface area contributed by atoms with Crippen LogP contribution in [0.1, 0.15) is 30.4 Å². The second-order valence-corrected chi connectivity index (χ2v) is 9.25. The minimum absolute atomic E-state index is 0.0658. The van der Waals surface area contributed by atoms with Gasteiger partial charge in [0.15, 0.2) is 0 Å². The van der Waals surface area contributed by atoms with Gasteiger partial charge in [0, 0.05) is 19.5 Å². The van der Waals surface area contributed by atoms with Crippen LogP contribution >= 0.6 is 11.8 Å². The highest BCUT2D eigenvalue weighted by molar-refractivity contribution is 7.98. The predicted molar refractivity (Wildman–Crippen MR) is 129 cm³/mol. The number of carbonyl (C=O) groups is 3. The van der Waals surface area contributed by atoms with Gasteiger partial charge >= 0.3 is 12.1 Å². The number of nitrogens with zero attached hydrogens (tertiary/aromatic N) is 1. The average Bonchev–Trinajstić information content (AvgIpc) is 3.13. The van der Waals surface area contributed by atoms with Gasteiger partial charge in [-0.05, 0) is 40.7 Å². The number of nitrogens with one attached hydrogen (secondary N) is 1. The molecule has 0 aliphatic heterocycles. The van der Waals surface area contributed by atoms with Crippen molar-refractivity contribution in [3.05, 3.63) is 59.7 Å². The summed E-state index contributed by atoms with van der Waals surface area (Å²) in [5, 5.41) is 11.8. The third-order valence-electron chi connectivity index (χ3n) is 5.89. The number of alkyl carbamates (subject to hydrolysis) is 1. The van der Waals surface area contributed by atoms with Crippen molar-refractivity contribution in [2.75, 3.05) is 32.2 Å². The summed E-state index contributed by atoms with van der Waals surface area (Å²) in [6, 6.07) is 15.4. The van der Waals surface area contributed by atoms with Crippen LogP contribution in [0.15, 0.2) is 48.5 Å². The molecule has 7 nitrogen and oxygen atoms in total. The van der Waals surface area contributed by atoms with Crippen LogP contribution in [-0.2, 0) is 14.3 Å². The van der Waals surface area contributed by atoms with Gasteiger partial charge in [0.25, 0.3) is 0 Å². The van der Waals surface area contributed by atoms with Crippen LogP contribution in [0.2, 0.25) is 0 Å². The molecule has 0 aromatic heterocycles. The van der Waals surface area contributed by atoms with Gasteiger partial charge in [-0.25, -0.2) is 4.79 Å². The van der Waals surface area contributed by atoms with E-state index in [0.29, 0.717) is 12.2 Å². The molecule has 1 unspecified atom stereocenters. The zero-order valence-corrected chi connectivity index (χ0v) is 19.9.